The van der Waals surface area contributed by atoms with Crippen molar-refractivity contribution in [3.8, 4) is 0 Å². The lowest BCUT2D eigenvalue weighted by atomic mass is 9.99. The first-order chi connectivity index (χ1) is 14.4. The van der Waals surface area contributed by atoms with Crippen molar-refractivity contribution in [2.24, 2.45) is 16.6 Å². The summed E-state index contributed by atoms with van der Waals surface area (Å²) in [6, 6.07) is 5.35. The van der Waals surface area contributed by atoms with E-state index in [0.29, 0.717) is 34.9 Å². The fourth-order valence-electron chi connectivity index (χ4n) is 3.57. The maximum Gasteiger partial charge on any atom is 0.586 e. The molecule has 1 saturated carbocycles. The van der Waals surface area contributed by atoms with Crippen LogP contribution in [0.2, 0.25) is 0 Å². The number of amidine groups is 2. The van der Waals surface area contributed by atoms with Gasteiger partial charge in [0.25, 0.3) is 0 Å². The standard InChI is InChI=1S/C21H19F2N5O2/c22-21(23)29-16-3-1-2-12(10-17(16)30-21)19-14-9-13(6-7-15(14)27-28-19)20(25)26-18(24)8-11-4-5-11/h1-3,6-7,9-12H,4-5,8H2,(H,27,28)(H3,24,25,26). The third kappa shape index (κ3) is 3.58. The highest BCUT2D eigenvalue weighted by atomic mass is 19.3. The molecule has 1 aromatic carbocycles. The van der Waals surface area contributed by atoms with Crippen LogP contribution in [0.3, 0.4) is 0 Å². The monoisotopic (exact) mass is 411 g/mol. The first-order valence-corrected chi connectivity index (χ1v) is 9.64. The van der Waals surface area contributed by atoms with E-state index in [2.05, 4.69) is 24.7 Å². The molecule has 154 valence electrons. The minimum Gasteiger partial charge on any atom is -0.396 e. The van der Waals surface area contributed by atoms with Gasteiger partial charge in [-0.15, -0.1) is 8.78 Å². The van der Waals surface area contributed by atoms with Crippen LogP contribution in [0.4, 0.5) is 8.78 Å². The summed E-state index contributed by atoms with van der Waals surface area (Å²) in [4.78, 5) is 4.23. The van der Waals surface area contributed by atoms with Crippen LogP contribution in [-0.2, 0) is 9.47 Å². The number of ether oxygens (including phenoxy) is 2. The molecule has 1 atom stereocenters. The summed E-state index contributed by atoms with van der Waals surface area (Å²) < 4.78 is 36.0. The van der Waals surface area contributed by atoms with E-state index in [1.165, 1.54) is 6.08 Å². The fraction of sp³-hybridized carbons (Fsp3) is 0.286. The zero-order valence-corrected chi connectivity index (χ0v) is 15.9. The lowest BCUT2D eigenvalue weighted by Crippen LogP contribution is -2.15. The van der Waals surface area contributed by atoms with Crippen LogP contribution in [0.15, 0.2) is 59.0 Å². The van der Waals surface area contributed by atoms with Gasteiger partial charge in [0.2, 0.25) is 0 Å². The van der Waals surface area contributed by atoms with Crippen LogP contribution in [0.25, 0.3) is 10.9 Å². The van der Waals surface area contributed by atoms with Crippen LogP contribution in [0, 0.1) is 11.3 Å². The molecular formula is C21H19F2N5O2. The molecule has 2 fully saturated rings. The van der Waals surface area contributed by atoms with Gasteiger partial charge in [0.15, 0.2) is 17.4 Å². The number of allylic oxidation sites excluding steroid dienone is 4. The molecule has 1 aliphatic heterocycles. The largest absolute Gasteiger partial charge is 0.586 e. The summed E-state index contributed by atoms with van der Waals surface area (Å²) in [7, 11) is 0. The molecule has 1 unspecified atom stereocenters. The molecule has 0 spiro atoms. The molecule has 1 saturated heterocycles. The van der Waals surface area contributed by atoms with Gasteiger partial charge in [-0.25, -0.2) is 4.99 Å². The Morgan fingerprint density at radius 3 is 2.90 bits per heavy atom. The highest BCUT2D eigenvalue weighted by molar-refractivity contribution is 6.06. The van der Waals surface area contributed by atoms with E-state index in [0.717, 1.165) is 18.2 Å². The molecule has 5 rings (SSSR count). The van der Waals surface area contributed by atoms with Crippen molar-refractivity contribution < 1.29 is 18.3 Å². The van der Waals surface area contributed by atoms with E-state index in [1.807, 2.05) is 6.08 Å². The van der Waals surface area contributed by atoms with Gasteiger partial charge in [-0.2, -0.15) is 5.10 Å². The van der Waals surface area contributed by atoms with Gasteiger partial charge >= 0.3 is 6.29 Å². The third-order valence-corrected chi connectivity index (χ3v) is 5.24. The Bertz CT molecular complexity index is 1160. The number of hydrogen-bond donors (Lipinski definition) is 3. The number of aromatic nitrogens is 2. The molecule has 2 aromatic rings. The van der Waals surface area contributed by atoms with Crippen LogP contribution in [0.1, 0.15) is 36.4 Å². The molecular weight excluding hydrogens is 392 g/mol. The van der Waals surface area contributed by atoms with Crippen LogP contribution in [0.5, 0.6) is 0 Å². The first kappa shape index (κ1) is 18.5. The average molecular weight is 411 g/mol. The van der Waals surface area contributed by atoms with Gasteiger partial charge in [0, 0.05) is 23.3 Å². The van der Waals surface area contributed by atoms with E-state index in [-0.39, 0.29) is 17.4 Å². The molecule has 1 aromatic heterocycles. The van der Waals surface area contributed by atoms with E-state index >= 15 is 0 Å². The minimum atomic E-state index is -3.68. The number of nitrogens with zero attached hydrogens (tertiary/aromatic N) is 2. The second kappa shape index (κ2) is 6.79. The normalized spacial score (nSPS) is 22.6. The number of H-pyrrole nitrogens is 1. The summed E-state index contributed by atoms with van der Waals surface area (Å²) in [5.74, 6) is 0.679. The Hall–Kier alpha value is -3.49. The van der Waals surface area contributed by atoms with Crippen LogP contribution in [-0.4, -0.2) is 28.2 Å². The fourth-order valence-corrected chi connectivity index (χ4v) is 3.57. The van der Waals surface area contributed by atoms with E-state index in [1.54, 1.807) is 30.4 Å². The van der Waals surface area contributed by atoms with Crippen LogP contribution >= 0.6 is 0 Å². The Morgan fingerprint density at radius 1 is 1.30 bits per heavy atom. The van der Waals surface area contributed by atoms with Gasteiger partial charge < -0.3 is 15.2 Å². The Balaban J connectivity index is 1.46. The van der Waals surface area contributed by atoms with E-state index in [4.69, 9.17) is 11.1 Å². The van der Waals surface area contributed by atoms with Crippen LogP contribution < -0.4 is 5.73 Å². The zero-order valence-electron chi connectivity index (χ0n) is 15.9. The first-order valence-electron chi connectivity index (χ1n) is 9.64. The minimum absolute atomic E-state index is 0.0227. The van der Waals surface area contributed by atoms with Crippen molar-refractivity contribution in [2.75, 3.05) is 0 Å². The number of alkyl halides is 2. The molecule has 2 heterocycles. The van der Waals surface area contributed by atoms with Crippen molar-refractivity contribution in [3.63, 3.8) is 0 Å². The Morgan fingerprint density at radius 2 is 2.10 bits per heavy atom. The number of halogens is 2. The molecule has 4 N–H and O–H groups in total. The highest BCUT2D eigenvalue weighted by Gasteiger charge is 2.46. The van der Waals surface area contributed by atoms with Gasteiger partial charge in [0.05, 0.1) is 11.2 Å². The lowest BCUT2D eigenvalue weighted by molar-refractivity contribution is -0.326. The maximum absolute atomic E-state index is 13.4. The molecule has 0 radical (unpaired) electrons. The second-order valence-corrected chi connectivity index (χ2v) is 7.61. The maximum atomic E-state index is 13.4. The van der Waals surface area contributed by atoms with Gasteiger partial charge in [-0.1, -0.05) is 12.2 Å². The number of hydrogen-bond acceptors (Lipinski definition) is 4. The summed E-state index contributed by atoms with van der Waals surface area (Å²) in [6.07, 6.45) is 5.80. The van der Waals surface area contributed by atoms with Crippen molar-refractivity contribution in [2.45, 2.75) is 31.5 Å². The van der Waals surface area contributed by atoms with Crippen molar-refractivity contribution in [1.29, 1.82) is 5.41 Å². The number of fused-ring (bicyclic) bond motifs is 2. The van der Waals surface area contributed by atoms with Gasteiger partial charge in [-0.3, -0.25) is 10.5 Å². The number of nitrogens with two attached hydrogens (primary N) is 1. The van der Waals surface area contributed by atoms with E-state index < -0.39 is 12.2 Å². The summed E-state index contributed by atoms with van der Waals surface area (Å²) >= 11 is 0. The number of aliphatic imine (C=N–C) groups is 1. The SMILES string of the molecule is N=C(N=C(N)CC1CC1)c1ccc2n[nH]c(C3C=CC=C4OC(F)(F)OC4=C3)c2c1. The molecule has 30 heavy (non-hydrogen) atoms. The summed E-state index contributed by atoms with van der Waals surface area (Å²) in [6.45, 7) is 0. The van der Waals surface area contributed by atoms with Crippen molar-refractivity contribution in [3.05, 3.63) is 65.3 Å². The van der Waals surface area contributed by atoms with Crippen molar-refractivity contribution >= 4 is 22.6 Å². The number of benzene rings is 1. The summed E-state index contributed by atoms with van der Waals surface area (Å²) in [5, 5.41) is 16.3. The van der Waals surface area contributed by atoms with Gasteiger partial charge in [-0.05, 0) is 49.1 Å². The zero-order chi connectivity index (χ0) is 20.9. The second-order valence-electron chi connectivity index (χ2n) is 7.61. The Kier molecular flexibility index (Phi) is 4.19. The number of rotatable bonds is 4. The molecule has 9 heteroatoms. The van der Waals surface area contributed by atoms with E-state index in [9.17, 15) is 8.78 Å². The van der Waals surface area contributed by atoms with Crippen molar-refractivity contribution in [1.82, 2.24) is 10.2 Å². The predicted octanol–water partition coefficient (Wildman–Crippen LogP) is 4.06. The topological polar surface area (TPSA) is 109 Å². The number of aromatic amines is 1. The smallest absolute Gasteiger partial charge is 0.396 e. The quantitative estimate of drug-likeness (QED) is 0.520. The van der Waals surface area contributed by atoms with Gasteiger partial charge in [0.1, 0.15) is 5.84 Å². The number of nitrogens with one attached hydrogen (secondary N) is 2. The third-order valence-electron chi connectivity index (χ3n) is 5.24. The molecule has 0 bridgehead atoms. The highest BCUT2D eigenvalue weighted by Crippen LogP contribution is 2.40. The average Bonchev–Trinajstić information content (AvgIpc) is 3.36. The molecule has 0 amide bonds. The summed E-state index contributed by atoms with van der Waals surface area (Å²) in [5.41, 5.74) is 7.94. The lowest BCUT2D eigenvalue weighted by Gasteiger charge is -2.08. The Labute approximate surface area is 170 Å². The molecule has 7 nitrogen and oxygen atoms in total. The predicted molar refractivity (Wildman–Crippen MR) is 107 cm³/mol. The molecule has 2 aliphatic carbocycles. The molecule has 3 aliphatic rings.